The maximum Gasteiger partial charge on any atom is 0.00928 e. The van der Waals surface area contributed by atoms with Gasteiger partial charge in [0.05, 0.1) is 0 Å². The van der Waals surface area contributed by atoms with Gasteiger partial charge in [-0.1, -0.05) is 27.2 Å². The lowest BCUT2D eigenvalue weighted by molar-refractivity contribution is 0.213. The first-order valence-electron chi connectivity index (χ1n) is 6.01. The molecule has 1 rings (SSSR count). The fourth-order valence-electron chi connectivity index (χ4n) is 2.51. The lowest BCUT2D eigenvalue weighted by atomic mass is 9.78. The van der Waals surface area contributed by atoms with Gasteiger partial charge in [-0.2, -0.15) is 0 Å². The van der Waals surface area contributed by atoms with Crippen LogP contribution >= 0.6 is 0 Å². The van der Waals surface area contributed by atoms with Gasteiger partial charge < -0.3 is 5.32 Å². The predicted octanol–water partition coefficient (Wildman–Crippen LogP) is 3.20. The van der Waals surface area contributed by atoms with E-state index >= 15 is 0 Å². The average Bonchev–Trinajstić information content (AvgIpc) is 2.16. The molecule has 0 spiro atoms. The molecule has 0 bridgehead atoms. The highest BCUT2D eigenvalue weighted by Crippen LogP contribution is 2.30. The van der Waals surface area contributed by atoms with Crippen molar-refractivity contribution < 1.29 is 0 Å². The van der Waals surface area contributed by atoms with E-state index in [0.717, 1.165) is 17.9 Å². The van der Waals surface area contributed by atoms with Gasteiger partial charge in [0.1, 0.15) is 0 Å². The second kappa shape index (κ2) is 5.64. The predicted molar refractivity (Wildman–Crippen MR) is 58.9 cm³/mol. The van der Waals surface area contributed by atoms with Crippen molar-refractivity contribution in [3.05, 3.63) is 0 Å². The third kappa shape index (κ3) is 3.30. The molecular weight excluding hydrogens is 158 g/mol. The molecule has 0 amide bonds. The van der Waals surface area contributed by atoms with Gasteiger partial charge in [-0.3, -0.25) is 0 Å². The summed E-state index contributed by atoms with van der Waals surface area (Å²) in [5.41, 5.74) is 0. The Morgan fingerprint density at radius 1 is 1.23 bits per heavy atom. The van der Waals surface area contributed by atoms with Crippen molar-refractivity contribution in [3.8, 4) is 0 Å². The zero-order valence-corrected chi connectivity index (χ0v) is 9.47. The second-order valence-corrected chi connectivity index (χ2v) is 4.63. The van der Waals surface area contributed by atoms with E-state index in [1.165, 1.54) is 38.6 Å². The molecule has 0 saturated heterocycles. The highest BCUT2D eigenvalue weighted by Gasteiger charge is 2.25. The summed E-state index contributed by atoms with van der Waals surface area (Å²) in [5, 5.41) is 3.67. The van der Waals surface area contributed by atoms with Crippen LogP contribution in [0.15, 0.2) is 0 Å². The van der Waals surface area contributed by atoms with Gasteiger partial charge in [-0.15, -0.1) is 0 Å². The summed E-state index contributed by atoms with van der Waals surface area (Å²) in [4.78, 5) is 0. The van der Waals surface area contributed by atoms with E-state index in [2.05, 4.69) is 26.1 Å². The number of nitrogens with one attached hydrogen (secondary N) is 1. The van der Waals surface area contributed by atoms with E-state index in [9.17, 15) is 0 Å². The zero-order valence-electron chi connectivity index (χ0n) is 9.47. The Balaban J connectivity index is 2.26. The number of hydrogen-bond donors (Lipinski definition) is 1. The summed E-state index contributed by atoms with van der Waals surface area (Å²) >= 11 is 0. The van der Waals surface area contributed by atoms with Gasteiger partial charge in [0.15, 0.2) is 0 Å². The summed E-state index contributed by atoms with van der Waals surface area (Å²) < 4.78 is 0. The van der Waals surface area contributed by atoms with Crippen LogP contribution in [-0.2, 0) is 0 Å². The average molecular weight is 183 g/mol. The molecule has 13 heavy (non-hydrogen) atoms. The Kier molecular flexibility index (Phi) is 4.79. The van der Waals surface area contributed by atoms with Gasteiger partial charge in [-0.05, 0) is 44.1 Å². The van der Waals surface area contributed by atoms with Crippen LogP contribution < -0.4 is 5.32 Å². The first-order valence-corrected chi connectivity index (χ1v) is 6.01. The van der Waals surface area contributed by atoms with E-state index in [1.54, 1.807) is 0 Å². The Morgan fingerprint density at radius 3 is 2.54 bits per heavy atom. The van der Waals surface area contributed by atoms with Crippen molar-refractivity contribution >= 4 is 0 Å². The summed E-state index contributed by atoms with van der Waals surface area (Å²) in [6.45, 7) is 8.19. The normalized spacial score (nSPS) is 34.8. The Labute approximate surface area is 83.3 Å². The molecule has 1 N–H and O–H groups in total. The van der Waals surface area contributed by atoms with Crippen LogP contribution in [0.5, 0.6) is 0 Å². The lowest BCUT2D eigenvalue weighted by Gasteiger charge is -2.34. The van der Waals surface area contributed by atoms with Gasteiger partial charge >= 0.3 is 0 Å². The molecule has 3 unspecified atom stereocenters. The molecule has 0 aliphatic heterocycles. The Bertz CT molecular complexity index is 133. The van der Waals surface area contributed by atoms with Crippen LogP contribution in [0.2, 0.25) is 0 Å². The maximum atomic E-state index is 3.67. The third-order valence-corrected chi connectivity index (χ3v) is 3.51. The van der Waals surface area contributed by atoms with Gasteiger partial charge in [0, 0.05) is 6.04 Å². The van der Waals surface area contributed by atoms with E-state index < -0.39 is 0 Å². The molecule has 1 aliphatic carbocycles. The molecule has 0 aromatic rings. The van der Waals surface area contributed by atoms with Crippen LogP contribution in [0.4, 0.5) is 0 Å². The second-order valence-electron chi connectivity index (χ2n) is 4.63. The number of hydrogen-bond acceptors (Lipinski definition) is 1. The van der Waals surface area contributed by atoms with Crippen molar-refractivity contribution in [2.75, 3.05) is 6.54 Å². The molecule has 1 fully saturated rings. The van der Waals surface area contributed by atoms with Crippen LogP contribution in [0, 0.1) is 11.8 Å². The molecule has 0 heterocycles. The highest BCUT2D eigenvalue weighted by atomic mass is 14.9. The molecule has 1 aliphatic rings. The van der Waals surface area contributed by atoms with Crippen molar-refractivity contribution in [1.29, 1.82) is 0 Å². The highest BCUT2D eigenvalue weighted by molar-refractivity contribution is 4.81. The Morgan fingerprint density at radius 2 is 2.00 bits per heavy atom. The van der Waals surface area contributed by atoms with Crippen molar-refractivity contribution in [1.82, 2.24) is 5.32 Å². The van der Waals surface area contributed by atoms with Crippen molar-refractivity contribution in [2.24, 2.45) is 11.8 Å². The van der Waals surface area contributed by atoms with E-state index in [0.29, 0.717) is 0 Å². The third-order valence-electron chi connectivity index (χ3n) is 3.51. The molecule has 0 aromatic heterocycles. The van der Waals surface area contributed by atoms with E-state index in [4.69, 9.17) is 0 Å². The van der Waals surface area contributed by atoms with Crippen LogP contribution in [-0.4, -0.2) is 12.6 Å². The van der Waals surface area contributed by atoms with Crippen LogP contribution in [0.1, 0.15) is 52.9 Å². The quantitative estimate of drug-likeness (QED) is 0.706. The zero-order chi connectivity index (χ0) is 9.68. The summed E-state index contributed by atoms with van der Waals surface area (Å²) in [7, 11) is 0. The Hall–Kier alpha value is -0.0400. The molecule has 1 nitrogen and oxygen atoms in total. The maximum absolute atomic E-state index is 3.67. The standard InChI is InChI=1S/C12H25N/c1-4-8-13-12-7-6-11(5-2)9-10(12)3/h10-13H,4-9H2,1-3H3. The van der Waals surface area contributed by atoms with Gasteiger partial charge in [-0.25, -0.2) is 0 Å². The van der Waals surface area contributed by atoms with Crippen LogP contribution in [0.3, 0.4) is 0 Å². The number of rotatable bonds is 4. The molecule has 1 saturated carbocycles. The molecule has 1 heteroatoms. The SMILES string of the molecule is CCCNC1CCC(CC)CC1C. The smallest absolute Gasteiger partial charge is 0.00928 e. The van der Waals surface area contributed by atoms with E-state index in [1.807, 2.05) is 0 Å². The minimum absolute atomic E-state index is 0.808. The largest absolute Gasteiger partial charge is 0.314 e. The first-order chi connectivity index (χ1) is 6.27. The van der Waals surface area contributed by atoms with Crippen LogP contribution in [0.25, 0.3) is 0 Å². The minimum Gasteiger partial charge on any atom is -0.314 e. The first kappa shape index (κ1) is 11.0. The topological polar surface area (TPSA) is 12.0 Å². The molecular formula is C12H25N. The summed E-state index contributed by atoms with van der Waals surface area (Å²) in [6.07, 6.45) is 6.94. The van der Waals surface area contributed by atoms with E-state index in [-0.39, 0.29) is 0 Å². The van der Waals surface area contributed by atoms with Crippen molar-refractivity contribution in [3.63, 3.8) is 0 Å². The minimum atomic E-state index is 0.808. The fraction of sp³-hybridized carbons (Fsp3) is 1.00. The summed E-state index contributed by atoms with van der Waals surface area (Å²) in [6, 6.07) is 0.808. The molecule has 78 valence electrons. The lowest BCUT2D eigenvalue weighted by Crippen LogP contribution is -2.39. The fourth-order valence-corrected chi connectivity index (χ4v) is 2.51. The van der Waals surface area contributed by atoms with Gasteiger partial charge in [0.2, 0.25) is 0 Å². The summed E-state index contributed by atoms with van der Waals surface area (Å²) in [5.74, 6) is 1.90. The van der Waals surface area contributed by atoms with Crippen molar-refractivity contribution in [2.45, 2.75) is 58.9 Å². The van der Waals surface area contributed by atoms with Gasteiger partial charge in [0.25, 0.3) is 0 Å². The molecule has 3 atom stereocenters. The monoisotopic (exact) mass is 183 g/mol. The molecule has 0 radical (unpaired) electrons. The molecule has 0 aromatic carbocycles.